The van der Waals surface area contributed by atoms with Crippen molar-refractivity contribution in [2.45, 2.75) is 42.9 Å². The van der Waals surface area contributed by atoms with E-state index in [4.69, 9.17) is 24.7 Å². The number of aromatic amines is 1. The molecular weight excluding hydrogens is 467 g/mol. The van der Waals surface area contributed by atoms with Crippen LogP contribution >= 0.6 is 7.82 Å². The van der Waals surface area contributed by atoms with Gasteiger partial charge < -0.3 is 14.4 Å². The molecule has 1 aromatic heterocycles. The first kappa shape index (κ1) is 24.6. The lowest BCUT2D eigenvalue weighted by Crippen LogP contribution is -2.56. The Morgan fingerprint density at radius 2 is 2.15 bits per heavy atom. The Balaban J connectivity index is 1.65. The summed E-state index contributed by atoms with van der Waals surface area (Å²) in [4.78, 5) is 26.3. The predicted molar refractivity (Wildman–Crippen MR) is 126 cm³/mol. The number of hydrogen-bond acceptors (Lipinski definition) is 8. The van der Waals surface area contributed by atoms with Gasteiger partial charge in [0.1, 0.15) is 32.6 Å². The number of halogens is 1. The van der Waals surface area contributed by atoms with Crippen molar-refractivity contribution >= 4 is 31.4 Å². The van der Waals surface area contributed by atoms with E-state index in [1.165, 1.54) is 23.5 Å². The summed E-state index contributed by atoms with van der Waals surface area (Å²) >= 11 is 0. The molecule has 2 aromatic rings. The normalized spacial score (nSPS) is 30.8. The summed E-state index contributed by atoms with van der Waals surface area (Å²) < 4.78 is 52.3. The highest BCUT2D eigenvalue weighted by molar-refractivity contribution is 7.49. The largest absolute Gasteiger partial charge is 0.529 e. The highest BCUT2D eigenvalue weighted by atomic mass is 31.2. The number of H-pyrrole nitrogens is 1. The van der Waals surface area contributed by atoms with Gasteiger partial charge in [0.15, 0.2) is 7.85 Å². The Bertz CT molecular complexity index is 1370. The van der Waals surface area contributed by atoms with E-state index in [2.05, 4.69) is 5.92 Å². The Labute approximate surface area is 196 Å². The number of fused-ring (bicyclic) bond motifs is 1. The fourth-order valence-electron chi connectivity index (χ4n) is 3.99. The molecule has 1 unspecified atom stereocenters. The van der Waals surface area contributed by atoms with E-state index in [0.29, 0.717) is 16.9 Å². The lowest BCUT2D eigenvalue weighted by atomic mass is 9.60. The summed E-state index contributed by atoms with van der Waals surface area (Å²) in [5, 5.41) is 8.76. The maximum absolute atomic E-state index is 16.2. The molecule has 2 aliphatic rings. The number of aromatic nitrogens is 2. The Morgan fingerprint density at radius 3 is 2.82 bits per heavy atom. The minimum absolute atomic E-state index is 0.0769. The monoisotopic (exact) mass is 488 g/mol. The van der Waals surface area contributed by atoms with Gasteiger partial charge in [0, 0.05) is 18.2 Å². The third-order valence-electron chi connectivity index (χ3n) is 6.13. The van der Waals surface area contributed by atoms with Crippen LogP contribution in [-0.2, 0) is 30.6 Å². The average Bonchev–Trinajstić information content (AvgIpc) is 2.98. The Kier molecular flexibility index (Phi) is 5.79. The molecule has 0 aliphatic carbocycles. The van der Waals surface area contributed by atoms with Crippen LogP contribution in [0.2, 0.25) is 0 Å². The molecule has 15 heteroatoms. The summed E-state index contributed by atoms with van der Waals surface area (Å²) in [5.74, 6) is -0.330. The van der Waals surface area contributed by atoms with Gasteiger partial charge in [-0.05, 0) is 12.5 Å². The molecular formula is C19H21B3FN2O8P. The highest BCUT2D eigenvalue weighted by Gasteiger charge is 2.63. The minimum Gasteiger partial charge on any atom is -0.403 e. The van der Waals surface area contributed by atoms with Crippen molar-refractivity contribution in [3.05, 3.63) is 61.9 Å². The second-order valence-electron chi connectivity index (χ2n) is 8.90. The fourth-order valence-corrected chi connectivity index (χ4v) is 5.61. The molecule has 0 spiro atoms. The second-order valence-corrected chi connectivity index (χ2v) is 10.4. The van der Waals surface area contributed by atoms with E-state index in [1.54, 1.807) is 25.1 Å². The zero-order chi connectivity index (χ0) is 25.1. The van der Waals surface area contributed by atoms with Crippen LogP contribution in [0.25, 0.3) is 0 Å². The molecule has 4 rings (SSSR count). The van der Waals surface area contributed by atoms with E-state index in [0.717, 1.165) is 10.8 Å². The summed E-state index contributed by atoms with van der Waals surface area (Å²) in [6.45, 7) is 1.68. The zero-order valence-electron chi connectivity index (χ0n) is 19.0. The summed E-state index contributed by atoms with van der Waals surface area (Å²) in [7, 11) is -0.526. The van der Waals surface area contributed by atoms with Gasteiger partial charge in [-0.15, -0.1) is 6.42 Å². The van der Waals surface area contributed by atoms with Crippen LogP contribution in [0.5, 0.6) is 5.75 Å². The molecule has 4 atom stereocenters. The molecule has 0 radical (unpaired) electrons. The number of hydrogen-bond donors (Lipinski definition) is 2. The first-order chi connectivity index (χ1) is 15.7. The number of rotatable bonds is 4. The van der Waals surface area contributed by atoms with Crippen LogP contribution < -0.4 is 15.8 Å². The lowest BCUT2D eigenvalue weighted by molar-refractivity contribution is -0.219. The standard InChI is InChI=1S/C19H21B3FN2O8P/c1-3-11-8-25(16(28)24-15(11)27)18(20)13(26)7-17(23,32-18)19(21,22)33-34(29)30-9-12-6-4-5-10(2)14(12)31-34/h1,4-6,8,13,26H,7,9,20-22H2,2H3,(H,24,27,28)/t13-,17+,18+,34?/m1/s1. The molecule has 3 heterocycles. The van der Waals surface area contributed by atoms with Crippen molar-refractivity contribution in [1.29, 1.82) is 0 Å². The number of ether oxygens (including phenoxy) is 1. The van der Waals surface area contributed by atoms with Crippen LogP contribution in [0.1, 0.15) is 23.1 Å². The first-order valence-electron chi connectivity index (χ1n) is 10.4. The topological polar surface area (TPSA) is 129 Å². The van der Waals surface area contributed by atoms with Gasteiger partial charge in [0.05, 0.1) is 18.1 Å². The van der Waals surface area contributed by atoms with Crippen molar-refractivity contribution in [2.75, 3.05) is 0 Å². The molecule has 0 bridgehead atoms. The third kappa shape index (κ3) is 3.87. The van der Waals surface area contributed by atoms with Crippen LogP contribution in [-0.4, -0.2) is 55.6 Å². The van der Waals surface area contributed by atoms with E-state index in [9.17, 15) is 19.3 Å². The van der Waals surface area contributed by atoms with Crippen molar-refractivity contribution in [2.24, 2.45) is 0 Å². The molecule has 0 saturated carbocycles. The number of alkyl halides is 1. The van der Waals surface area contributed by atoms with Gasteiger partial charge >= 0.3 is 13.5 Å². The molecule has 10 nitrogen and oxygen atoms in total. The fraction of sp³-hybridized carbons (Fsp3) is 0.368. The molecule has 2 aliphatic heterocycles. The number of nitrogens with zero attached hydrogens (tertiary/aromatic N) is 1. The number of phosphoric ester groups is 1. The maximum atomic E-state index is 16.2. The Morgan fingerprint density at radius 1 is 1.44 bits per heavy atom. The first-order valence-corrected chi connectivity index (χ1v) is 11.8. The van der Waals surface area contributed by atoms with Gasteiger partial charge in [-0.3, -0.25) is 23.4 Å². The van der Waals surface area contributed by atoms with Crippen LogP contribution in [0.15, 0.2) is 34.0 Å². The molecule has 0 amide bonds. The maximum Gasteiger partial charge on any atom is 0.529 e. The number of aryl methyl sites for hydroxylation is 1. The molecule has 34 heavy (non-hydrogen) atoms. The van der Waals surface area contributed by atoms with E-state index < -0.39 is 48.5 Å². The number of phosphoric acid groups is 1. The van der Waals surface area contributed by atoms with Crippen LogP contribution in [0.4, 0.5) is 4.39 Å². The van der Waals surface area contributed by atoms with Gasteiger partial charge in [0.2, 0.25) is 5.85 Å². The average molecular weight is 488 g/mol. The third-order valence-corrected chi connectivity index (χ3v) is 7.66. The second kappa shape index (κ2) is 8.00. The quantitative estimate of drug-likeness (QED) is 0.293. The Hall–Kier alpha value is -2.55. The lowest BCUT2D eigenvalue weighted by Gasteiger charge is -2.41. The molecule has 1 saturated heterocycles. The van der Waals surface area contributed by atoms with Crippen LogP contribution in [0, 0.1) is 19.3 Å². The molecule has 1 aromatic carbocycles. The minimum atomic E-state index is -4.30. The molecule has 1 fully saturated rings. The van der Waals surface area contributed by atoms with Crippen LogP contribution in [0.3, 0.4) is 0 Å². The van der Waals surface area contributed by atoms with Gasteiger partial charge in [0.25, 0.3) is 5.56 Å². The van der Waals surface area contributed by atoms with Crippen molar-refractivity contribution in [3.63, 3.8) is 0 Å². The number of nitrogens with one attached hydrogen (secondary N) is 1. The summed E-state index contributed by atoms with van der Waals surface area (Å²) in [6.07, 6.45) is 4.05. The van der Waals surface area contributed by atoms with Crippen molar-refractivity contribution < 1.29 is 32.4 Å². The van der Waals surface area contributed by atoms with E-state index >= 15 is 4.39 Å². The SMILES string of the molecule is BC(B)(OP1(=O)OCc2cccc(C)c2O1)[C@]1(F)C[C@@H](O)[C@](B)(n2cc(C#C)c(=O)[nH]c2=O)O1. The molecule has 176 valence electrons. The van der Waals surface area contributed by atoms with E-state index in [-0.39, 0.29) is 12.2 Å². The van der Waals surface area contributed by atoms with Crippen molar-refractivity contribution in [1.82, 2.24) is 9.55 Å². The number of aliphatic hydroxyl groups excluding tert-OH is 1. The summed E-state index contributed by atoms with van der Waals surface area (Å²) in [5.41, 5.74) is -2.62. The highest BCUT2D eigenvalue weighted by Crippen LogP contribution is 2.59. The van der Waals surface area contributed by atoms with E-state index in [1.807, 2.05) is 4.98 Å². The number of para-hydroxylation sites is 1. The van der Waals surface area contributed by atoms with Gasteiger partial charge in [-0.25, -0.2) is 13.8 Å². The van der Waals surface area contributed by atoms with Crippen molar-refractivity contribution in [3.8, 4) is 18.1 Å². The predicted octanol–water partition coefficient (Wildman–Crippen LogP) is -1.83. The number of benzene rings is 1. The summed E-state index contributed by atoms with van der Waals surface area (Å²) in [6, 6.07) is 5.28. The number of aliphatic hydroxyl groups is 1. The number of terminal acetylenes is 1. The zero-order valence-corrected chi connectivity index (χ0v) is 19.9. The smallest absolute Gasteiger partial charge is 0.403 e. The van der Waals surface area contributed by atoms with Gasteiger partial charge in [-0.2, -0.15) is 0 Å². The van der Waals surface area contributed by atoms with Gasteiger partial charge in [-0.1, -0.05) is 24.1 Å². The molecule has 2 N–H and O–H groups in total.